The summed E-state index contributed by atoms with van der Waals surface area (Å²) in [7, 11) is 0. The van der Waals surface area contributed by atoms with Crippen LogP contribution in [0, 0.1) is 11.3 Å². The van der Waals surface area contributed by atoms with E-state index >= 15 is 0 Å². The molecule has 0 heterocycles. The largest absolute Gasteiger partial charge is 0.381 e. The van der Waals surface area contributed by atoms with Crippen molar-refractivity contribution in [3.05, 3.63) is 28.2 Å². The third-order valence-corrected chi connectivity index (χ3v) is 3.28. The van der Waals surface area contributed by atoms with Gasteiger partial charge in [0.05, 0.1) is 11.3 Å². The summed E-state index contributed by atoms with van der Waals surface area (Å²) in [6.45, 7) is 4.34. The minimum atomic E-state index is 0.450. The van der Waals surface area contributed by atoms with Gasteiger partial charge in [0.1, 0.15) is 6.07 Å². The van der Waals surface area contributed by atoms with Crippen molar-refractivity contribution in [1.29, 1.82) is 5.26 Å². The molecule has 3 heteroatoms. The molecule has 1 N–H and O–H groups in total. The van der Waals surface area contributed by atoms with Crippen LogP contribution < -0.4 is 5.32 Å². The van der Waals surface area contributed by atoms with E-state index in [1.165, 1.54) is 0 Å². The lowest BCUT2D eigenvalue weighted by Gasteiger charge is -2.18. The van der Waals surface area contributed by atoms with E-state index in [-0.39, 0.29) is 0 Å². The minimum absolute atomic E-state index is 0.450. The SMILES string of the molecule is CCCC(CC)Nc1cccc(Br)c1C#N. The Morgan fingerprint density at radius 2 is 2.19 bits per heavy atom. The molecule has 0 amide bonds. The summed E-state index contributed by atoms with van der Waals surface area (Å²) < 4.78 is 0.853. The quantitative estimate of drug-likeness (QED) is 0.872. The number of nitriles is 1. The Kier molecular flexibility index (Phi) is 5.34. The summed E-state index contributed by atoms with van der Waals surface area (Å²) in [6.07, 6.45) is 3.36. The van der Waals surface area contributed by atoms with Crippen molar-refractivity contribution in [3.8, 4) is 6.07 Å². The van der Waals surface area contributed by atoms with E-state index in [0.717, 1.165) is 29.4 Å². The summed E-state index contributed by atoms with van der Waals surface area (Å²) in [6, 6.07) is 8.48. The average molecular weight is 281 g/mol. The first-order chi connectivity index (χ1) is 7.72. The zero-order valence-corrected chi connectivity index (χ0v) is 11.3. The topological polar surface area (TPSA) is 35.8 Å². The van der Waals surface area contributed by atoms with Crippen LogP contribution in [0.15, 0.2) is 22.7 Å². The molecule has 1 aromatic carbocycles. The van der Waals surface area contributed by atoms with Crippen molar-refractivity contribution in [1.82, 2.24) is 0 Å². The molecule has 0 aliphatic carbocycles. The second-order valence-electron chi connectivity index (χ2n) is 3.81. The highest BCUT2D eigenvalue weighted by Crippen LogP contribution is 2.25. The number of anilines is 1. The van der Waals surface area contributed by atoms with E-state index < -0.39 is 0 Å². The smallest absolute Gasteiger partial charge is 0.103 e. The Balaban J connectivity index is 2.88. The second-order valence-corrected chi connectivity index (χ2v) is 4.67. The number of hydrogen-bond acceptors (Lipinski definition) is 2. The molecule has 0 aliphatic rings. The Morgan fingerprint density at radius 1 is 1.44 bits per heavy atom. The van der Waals surface area contributed by atoms with E-state index in [4.69, 9.17) is 5.26 Å². The number of rotatable bonds is 5. The summed E-state index contributed by atoms with van der Waals surface area (Å²) in [5.74, 6) is 0. The summed E-state index contributed by atoms with van der Waals surface area (Å²) in [5, 5.41) is 12.5. The molecule has 1 aromatic rings. The highest BCUT2D eigenvalue weighted by Gasteiger charge is 2.09. The van der Waals surface area contributed by atoms with Crippen molar-refractivity contribution in [2.24, 2.45) is 0 Å². The maximum Gasteiger partial charge on any atom is 0.103 e. The zero-order valence-electron chi connectivity index (χ0n) is 9.76. The van der Waals surface area contributed by atoms with Gasteiger partial charge in [0.25, 0.3) is 0 Å². The Labute approximate surface area is 106 Å². The Hall–Kier alpha value is -1.01. The van der Waals surface area contributed by atoms with Gasteiger partial charge in [-0.3, -0.25) is 0 Å². The number of benzene rings is 1. The van der Waals surface area contributed by atoms with Gasteiger partial charge in [-0.1, -0.05) is 26.3 Å². The van der Waals surface area contributed by atoms with E-state index in [0.29, 0.717) is 11.6 Å². The molecule has 1 atom stereocenters. The molecule has 1 rings (SSSR count). The molecule has 0 saturated carbocycles. The molecule has 0 aliphatic heterocycles. The lowest BCUT2D eigenvalue weighted by atomic mass is 10.1. The molecular formula is C13H17BrN2. The molecule has 0 saturated heterocycles. The van der Waals surface area contributed by atoms with Crippen LogP contribution in [-0.2, 0) is 0 Å². The normalized spacial score (nSPS) is 11.9. The third-order valence-electron chi connectivity index (χ3n) is 2.61. The van der Waals surface area contributed by atoms with Gasteiger partial charge in [-0.15, -0.1) is 0 Å². The number of halogens is 1. The molecule has 0 bridgehead atoms. The van der Waals surface area contributed by atoms with Gasteiger partial charge in [0.2, 0.25) is 0 Å². The van der Waals surface area contributed by atoms with Crippen LogP contribution in [-0.4, -0.2) is 6.04 Å². The molecule has 86 valence electrons. The first-order valence-electron chi connectivity index (χ1n) is 5.68. The average Bonchev–Trinajstić information content (AvgIpc) is 2.28. The summed E-state index contributed by atoms with van der Waals surface area (Å²) in [5.41, 5.74) is 1.62. The highest BCUT2D eigenvalue weighted by atomic mass is 79.9. The van der Waals surface area contributed by atoms with Crippen LogP contribution >= 0.6 is 15.9 Å². The fraction of sp³-hybridized carbons (Fsp3) is 0.462. The number of nitrogens with one attached hydrogen (secondary N) is 1. The lowest BCUT2D eigenvalue weighted by molar-refractivity contribution is 0.622. The van der Waals surface area contributed by atoms with Gasteiger partial charge < -0.3 is 5.32 Å². The standard InChI is InChI=1S/C13H17BrN2/c1-3-6-10(4-2)16-13-8-5-7-12(14)11(13)9-15/h5,7-8,10,16H,3-4,6H2,1-2H3. The fourth-order valence-electron chi connectivity index (χ4n) is 1.70. The van der Waals surface area contributed by atoms with Crippen LogP contribution in [0.4, 0.5) is 5.69 Å². The van der Waals surface area contributed by atoms with Crippen molar-refractivity contribution in [3.63, 3.8) is 0 Å². The maximum atomic E-state index is 9.09. The predicted octanol–water partition coefficient (Wildman–Crippen LogP) is 4.31. The molecule has 0 fully saturated rings. The third kappa shape index (κ3) is 3.24. The van der Waals surface area contributed by atoms with Gasteiger partial charge in [-0.2, -0.15) is 5.26 Å². The maximum absolute atomic E-state index is 9.09. The molecule has 16 heavy (non-hydrogen) atoms. The van der Waals surface area contributed by atoms with Crippen LogP contribution in [0.5, 0.6) is 0 Å². The lowest BCUT2D eigenvalue weighted by Crippen LogP contribution is -2.18. The number of nitrogens with zero attached hydrogens (tertiary/aromatic N) is 1. The highest BCUT2D eigenvalue weighted by molar-refractivity contribution is 9.10. The fourth-order valence-corrected chi connectivity index (χ4v) is 2.16. The van der Waals surface area contributed by atoms with Crippen LogP contribution in [0.2, 0.25) is 0 Å². The van der Waals surface area contributed by atoms with Crippen LogP contribution in [0.1, 0.15) is 38.7 Å². The van der Waals surface area contributed by atoms with Gasteiger partial charge in [0.15, 0.2) is 0 Å². The molecule has 0 spiro atoms. The second kappa shape index (κ2) is 6.55. The van der Waals surface area contributed by atoms with Crippen molar-refractivity contribution in [2.45, 2.75) is 39.2 Å². The van der Waals surface area contributed by atoms with E-state index in [1.54, 1.807) is 0 Å². The van der Waals surface area contributed by atoms with E-state index in [9.17, 15) is 0 Å². The van der Waals surface area contributed by atoms with Crippen LogP contribution in [0.3, 0.4) is 0 Å². The first-order valence-corrected chi connectivity index (χ1v) is 6.47. The van der Waals surface area contributed by atoms with E-state index in [2.05, 4.69) is 41.2 Å². The van der Waals surface area contributed by atoms with Gasteiger partial charge in [0, 0.05) is 10.5 Å². The molecule has 1 unspecified atom stereocenters. The Bertz CT molecular complexity index is 382. The molecule has 0 radical (unpaired) electrons. The molecule has 0 aromatic heterocycles. The van der Waals surface area contributed by atoms with E-state index in [1.807, 2.05) is 18.2 Å². The van der Waals surface area contributed by atoms with Crippen molar-refractivity contribution < 1.29 is 0 Å². The zero-order chi connectivity index (χ0) is 12.0. The summed E-state index contributed by atoms with van der Waals surface area (Å²) >= 11 is 3.40. The predicted molar refractivity (Wildman–Crippen MR) is 71.5 cm³/mol. The molecular weight excluding hydrogens is 264 g/mol. The molecule has 2 nitrogen and oxygen atoms in total. The van der Waals surface area contributed by atoms with Crippen molar-refractivity contribution >= 4 is 21.6 Å². The van der Waals surface area contributed by atoms with Gasteiger partial charge in [-0.05, 0) is 40.9 Å². The van der Waals surface area contributed by atoms with Crippen LogP contribution in [0.25, 0.3) is 0 Å². The Morgan fingerprint density at radius 3 is 2.75 bits per heavy atom. The van der Waals surface area contributed by atoms with Gasteiger partial charge >= 0.3 is 0 Å². The van der Waals surface area contributed by atoms with Gasteiger partial charge in [-0.25, -0.2) is 0 Å². The monoisotopic (exact) mass is 280 g/mol. The number of hydrogen-bond donors (Lipinski definition) is 1. The van der Waals surface area contributed by atoms with Crippen molar-refractivity contribution in [2.75, 3.05) is 5.32 Å². The summed E-state index contributed by atoms with van der Waals surface area (Å²) in [4.78, 5) is 0. The first kappa shape index (κ1) is 13.1. The minimum Gasteiger partial charge on any atom is -0.381 e.